The van der Waals surface area contributed by atoms with Gasteiger partial charge in [0.15, 0.2) is 0 Å². The molecule has 148 valence electrons. The molecule has 2 aliphatic rings. The average molecular weight is 387 g/mol. The Morgan fingerprint density at radius 3 is 2.97 bits per heavy atom. The summed E-state index contributed by atoms with van der Waals surface area (Å²) in [7, 11) is 0. The predicted molar refractivity (Wildman–Crippen MR) is 115 cm³/mol. The predicted octanol–water partition coefficient (Wildman–Crippen LogP) is 3.96. The molecule has 0 saturated carbocycles. The van der Waals surface area contributed by atoms with E-state index in [0.29, 0.717) is 12.0 Å². The second kappa shape index (κ2) is 8.09. The molecule has 2 aliphatic heterocycles. The highest BCUT2D eigenvalue weighted by atomic mass is 16.5. The van der Waals surface area contributed by atoms with Crippen LogP contribution in [0.1, 0.15) is 24.1 Å². The van der Waals surface area contributed by atoms with Crippen LogP contribution in [0.3, 0.4) is 0 Å². The summed E-state index contributed by atoms with van der Waals surface area (Å²) < 4.78 is 5.42. The molecule has 0 radical (unpaired) electrons. The molecule has 29 heavy (non-hydrogen) atoms. The molecule has 1 aromatic carbocycles. The van der Waals surface area contributed by atoms with Gasteiger partial charge >= 0.3 is 0 Å². The van der Waals surface area contributed by atoms with E-state index in [9.17, 15) is 0 Å². The summed E-state index contributed by atoms with van der Waals surface area (Å²) >= 11 is 0. The molecule has 6 nitrogen and oxygen atoms in total. The molecule has 5 rings (SSSR count). The molecule has 4 heterocycles. The molecule has 0 amide bonds. The van der Waals surface area contributed by atoms with Crippen molar-refractivity contribution in [3.8, 4) is 0 Å². The molecular formula is C23H25N5O. The van der Waals surface area contributed by atoms with E-state index in [1.807, 2.05) is 18.5 Å². The molecule has 0 unspecified atom stereocenters. The van der Waals surface area contributed by atoms with Gasteiger partial charge in [0.25, 0.3) is 0 Å². The van der Waals surface area contributed by atoms with Crippen molar-refractivity contribution in [1.29, 1.82) is 0 Å². The zero-order valence-corrected chi connectivity index (χ0v) is 16.3. The Bertz CT molecular complexity index is 1050. The lowest BCUT2D eigenvalue weighted by atomic mass is 10.1. The van der Waals surface area contributed by atoms with E-state index in [2.05, 4.69) is 62.8 Å². The van der Waals surface area contributed by atoms with E-state index in [1.54, 1.807) is 0 Å². The molecular weight excluding hydrogens is 362 g/mol. The van der Waals surface area contributed by atoms with Gasteiger partial charge in [-0.3, -0.25) is 0 Å². The van der Waals surface area contributed by atoms with Gasteiger partial charge < -0.3 is 19.9 Å². The van der Waals surface area contributed by atoms with Crippen molar-refractivity contribution in [3.05, 3.63) is 72.3 Å². The average Bonchev–Trinajstić information content (AvgIpc) is 3.23. The second-order valence-corrected chi connectivity index (χ2v) is 7.60. The quantitative estimate of drug-likeness (QED) is 0.694. The van der Waals surface area contributed by atoms with Gasteiger partial charge in [-0.25, -0.2) is 9.97 Å². The fourth-order valence-corrected chi connectivity index (χ4v) is 3.88. The van der Waals surface area contributed by atoms with E-state index in [4.69, 9.17) is 9.72 Å². The van der Waals surface area contributed by atoms with Crippen LogP contribution in [0.25, 0.3) is 16.5 Å². The maximum absolute atomic E-state index is 5.42. The summed E-state index contributed by atoms with van der Waals surface area (Å²) in [5, 5.41) is 4.70. The van der Waals surface area contributed by atoms with Gasteiger partial charge in [-0.15, -0.1) is 0 Å². The topological polar surface area (TPSA) is 66.1 Å². The summed E-state index contributed by atoms with van der Waals surface area (Å²) in [6.45, 7) is 3.35. The fraction of sp³-hybridized carbons (Fsp3) is 0.304. The molecule has 1 saturated heterocycles. The monoisotopic (exact) mass is 387 g/mol. The first-order valence-corrected chi connectivity index (χ1v) is 10.2. The zero-order chi connectivity index (χ0) is 19.5. The van der Waals surface area contributed by atoms with Gasteiger partial charge in [-0.2, -0.15) is 0 Å². The molecule has 1 fully saturated rings. The summed E-state index contributed by atoms with van der Waals surface area (Å²) in [6, 6.07) is 11.1. The largest absolute Gasteiger partial charge is 0.381 e. The Hall–Kier alpha value is -3.12. The summed E-state index contributed by atoms with van der Waals surface area (Å²) in [6.07, 6.45) is 12.3. The van der Waals surface area contributed by atoms with Crippen molar-refractivity contribution in [3.63, 3.8) is 0 Å². The van der Waals surface area contributed by atoms with Crippen LogP contribution in [-0.2, 0) is 11.3 Å². The van der Waals surface area contributed by atoms with Gasteiger partial charge in [0.2, 0.25) is 5.95 Å². The van der Waals surface area contributed by atoms with Gasteiger partial charge in [-0.1, -0.05) is 18.2 Å². The number of rotatable bonds is 5. The number of H-pyrrole nitrogens is 1. The molecule has 6 heteroatoms. The van der Waals surface area contributed by atoms with Crippen LogP contribution >= 0.6 is 0 Å². The van der Waals surface area contributed by atoms with Crippen LogP contribution < -0.4 is 5.32 Å². The molecule has 2 aromatic heterocycles. The number of hydrogen-bond donors (Lipinski definition) is 2. The number of hydrogen-bond acceptors (Lipinski definition) is 5. The maximum atomic E-state index is 5.42. The first-order chi connectivity index (χ1) is 14.3. The Labute approximate surface area is 170 Å². The van der Waals surface area contributed by atoms with Crippen molar-refractivity contribution in [1.82, 2.24) is 19.9 Å². The highest BCUT2D eigenvalue weighted by molar-refractivity contribution is 5.79. The minimum Gasteiger partial charge on any atom is -0.381 e. The number of nitrogens with one attached hydrogen (secondary N) is 2. The lowest BCUT2D eigenvalue weighted by molar-refractivity contribution is 0.0903. The third-order valence-corrected chi connectivity index (χ3v) is 5.52. The maximum Gasteiger partial charge on any atom is 0.223 e. The number of anilines is 1. The number of aromatic nitrogens is 3. The fourth-order valence-electron chi connectivity index (χ4n) is 3.88. The lowest BCUT2D eigenvalue weighted by Crippen LogP contribution is -2.28. The lowest BCUT2D eigenvalue weighted by Gasteiger charge is -2.24. The Kier molecular flexibility index (Phi) is 5.01. The van der Waals surface area contributed by atoms with Crippen LogP contribution in [0.15, 0.2) is 61.1 Å². The highest BCUT2D eigenvalue weighted by Gasteiger charge is 2.15. The van der Waals surface area contributed by atoms with Crippen molar-refractivity contribution in [2.45, 2.75) is 25.4 Å². The normalized spacial score (nSPS) is 17.5. The summed E-state index contributed by atoms with van der Waals surface area (Å²) in [5.41, 5.74) is 4.58. The van der Waals surface area contributed by atoms with Crippen LogP contribution in [0.2, 0.25) is 0 Å². The first kappa shape index (κ1) is 17.9. The van der Waals surface area contributed by atoms with Crippen molar-refractivity contribution in [2.75, 3.05) is 25.1 Å². The number of fused-ring (bicyclic) bond motifs is 1. The van der Waals surface area contributed by atoms with E-state index in [0.717, 1.165) is 50.4 Å². The van der Waals surface area contributed by atoms with Gasteiger partial charge in [0, 0.05) is 56.5 Å². The molecule has 2 N–H and O–H groups in total. The molecule has 0 aliphatic carbocycles. The van der Waals surface area contributed by atoms with Crippen molar-refractivity contribution < 1.29 is 4.74 Å². The number of aromatic amines is 1. The number of ether oxygens (including phenoxy) is 1. The van der Waals surface area contributed by atoms with Gasteiger partial charge in [0.05, 0.1) is 5.69 Å². The smallest absolute Gasteiger partial charge is 0.223 e. The SMILES string of the molecule is C1=CN(Cc2ccc3cc[nH]c3c2)CC=C1c1ccnc(NC2CCOCC2)n1. The Morgan fingerprint density at radius 2 is 2.10 bits per heavy atom. The van der Waals surface area contributed by atoms with E-state index in [1.165, 1.54) is 16.5 Å². The zero-order valence-electron chi connectivity index (χ0n) is 16.3. The van der Waals surface area contributed by atoms with E-state index in [-0.39, 0.29) is 0 Å². The second-order valence-electron chi connectivity index (χ2n) is 7.60. The first-order valence-electron chi connectivity index (χ1n) is 10.2. The molecule has 0 bridgehead atoms. The molecule has 3 aromatic rings. The Balaban J connectivity index is 1.23. The van der Waals surface area contributed by atoms with Crippen molar-refractivity contribution in [2.24, 2.45) is 0 Å². The van der Waals surface area contributed by atoms with Gasteiger partial charge in [-0.05, 0) is 53.6 Å². The van der Waals surface area contributed by atoms with Crippen LogP contribution in [-0.4, -0.2) is 45.7 Å². The number of allylic oxidation sites excluding steroid dienone is 2. The summed E-state index contributed by atoms with van der Waals surface area (Å²) in [5.74, 6) is 0.699. The molecule has 0 spiro atoms. The van der Waals surface area contributed by atoms with Crippen LogP contribution in [0, 0.1) is 0 Å². The van der Waals surface area contributed by atoms with Crippen LogP contribution in [0.5, 0.6) is 0 Å². The standard InChI is InChI=1S/C23H25N5O/c1-2-18-3-9-24-22(18)15-17(1)16-28-11-5-19(6-12-28)21-4-10-25-23(27-21)26-20-7-13-29-14-8-20/h1-6,9-11,15,20,24H,7-8,12-14,16H2,(H,25,26,27). The third-order valence-electron chi connectivity index (χ3n) is 5.52. The number of benzene rings is 1. The van der Waals surface area contributed by atoms with Gasteiger partial charge in [0.1, 0.15) is 0 Å². The minimum atomic E-state index is 0.391. The molecule has 0 atom stereocenters. The Morgan fingerprint density at radius 1 is 1.17 bits per heavy atom. The van der Waals surface area contributed by atoms with E-state index >= 15 is 0 Å². The van der Waals surface area contributed by atoms with E-state index < -0.39 is 0 Å². The van der Waals surface area contributed by atoms with Crippen LogP contribution in [0.4, 0.5) is 5.95 Å². The van der Waals surface area contributed by atoms with Crippen molar-refractivity contribution >= 4 is 22.4 Å². The number of nitrogens with zero attached hydrogens (tertiary/aromatic N) is 3. The summed E-state index contributed by atoms with van der Waals surface area (Å²) in [4.78, 5) is 14.7. The third kappa shape index (κ3) is 4.17. The minimum absolute atomic E-state index is 0.391. The highest BCUT2D eigenvalue weighted by Crippen LogP contribution is 2.21.